The Labute approximate surface area is 168 Å². The largest absolute Gasteiger partial charge is 0.352 e. The smallest absolute Gasteiger partial charge is 0.270 e. The molecule has 2 amide bonds. The van der Waals surface area contributed by atoms with Gasteiger partial charge in [0.15, 0.2) is 0 Å². The van der Waals surface area contributed by atoms with Crippen LogP contribution >= 0.6 is 0 Å². The Kier molecular flexibility index (Phi) is 5.60. The molecule has 2 heterocycles. The first-order valence-corrected chi connectivity index (χ1v) is 9.97. The molecule has 0 aliphatic carbocycles. The van der Waals surface area contributed by atoms with Gasteiger partial charge in [-0.15, -0.1) is 0 Å². The van der Waals surface area contributed by atoms with Crippen LogP contribution in [-0.2, 0) is 11.3 Å². The van der Waals surface area contributed by atoms with Crippen LogP contribution in [0, 0.1) is 11.7 Å². The minimum absolute atomic E-state index is 0.00338. The van der Waals surface area contributed by atoms with Gasteiger partial charge in [-0.2, -0.15) is 0 Å². The van der Waals surface area contributed by atoms with Gasteiger partial charge < -0.3 is 15.2 Å². The van der Waals surface area contributed by atoms with Crippen molar-refractivity contribution in [2.24, 2.45) is 5.92 Å². The number of likely N-dealkylation sites (tertiary alicyclic amines) is 1. The molecule has 2 aromatic carbocycles. The summed E-state index contributed by atoms with van der Waals surface area (Å²) in [5.74, 6) is -0.142. The fourth-order valence-electron chi connectivity index (χ4n) is 3.87. The van der Waals surface area contributed by atoms with Crippen LogP contribution in [0.15, 0.2) is 54.6 Å². The third-order valence-corrected chi connectivity index (χ3v) is 5.57. The molecule has 0 spiro atoms. The SMILES string of the molecule is O=C(CC1CCN(C(=O)c2cc3ccccc3[nH]2)CC1)NCc1ccccc1F. The molecule has 0 bridgehead atoms. The first-order valence-electron chi connectivity index (χ1n) is 9.97. The van der Waals surface area contributed by atoms with E-state index < -0.39 is 0 Å². The molecule has 3 aromatic rings. The van der Waals surface area contributed by atoms with Gasteiger partial charge in [-0.3, -0.25) is 9.59 Å². The predicted octanol–water partition coefficient (Wildman–Crippen LogP) is 3.87. The van der Waals surface area contributed by atoms with E-state index in [4.69, 9.17) is 0 Å². The lowest BCUT2D eigenvalue weighted by atomic mass is 9.93. The van der Waals surface area contributed by atoms with E-state index in [1.807, 2.05) is 35.2 Å². The summed E-state index contributed by atoms with van der Waals surface area (Å²) in [5, 5.41) is 3.82. The molecule has 5 nitrogen and oxygen atoms in total. The fourth-order valence-corrected chi connectivity index (χ4v) is 3.87. The molecule has 1 aliphatic rings. The first kappa shape index (κ1) is 19.2. The molecule has 1 fully saturated rings. The van der Waals surface area contributed by atoms with Gasteiger partial charge in [0.05, 0.1) is 0 Å². The molecule has 29 heavy (non-hydrogen) atoms. The van der Waals surface area contributed by atoms with Crippen LogP contribution in [-0.4, -0.2) is 34.8 Å². The van der Waals surface area contributed by atoms with E-state index in [2.05, 4.69) is 10.3 Å². The van der Waals surface area contributed by atoms with Gasteiger partial charge in [0.1, 0.15) is 11.5 Å². The molecule has 4 rings (SSSR count). The van der Waals surface area contributed by atoms with Gasteiger partial charge in [-0.25, -0.2) is 4.39 Å². The average Bonchev–Trinajstić information content (AvgIpc) is 3.17. The number of benzene rings is 2. The van der Waals surface area contributed by atoms with E-state index >= 15 is 0 Å². The predicted molar refractivity (Wildman–Crippen MR) is 110 cm³/mol. The Morgan fingerprint density at radius 1 is 1.07 bits per heavy atom. The minimum atomic E-state index is -0.309. The number of para-hydroxylation sites is 1. The van der Waals surface area contributed by atoms with Crippen LogP contribution < -0.4 is 5.32 Å². The van der Waals surface area contributed by atoms with Gasteiger partial charge in [0.2, 0.25) is 5.91 Å². The molecule has 0 saturated carbocycles. The third-order valence-electron chi connectivity index (χ3n) is 5.57. The van der Waals surface area contributed by atoms with E-state index in [0.717, 1.165) is 23.7 Å². The molecule has 1 aromatic heterocycles. The molecule has 0 unspecified atom stereocenters. The second-order valence-corrected chi connectivity index (χ2v) is 7.58. The zero-order valence-corrected chi connectivity index (χ0v) is 16.2. The fraction of sp³-hybridized carbons (Fsp3) is 0.304. The maximum Gasteiger partial charge on any atom is 0.270 e. The number of nitrogens with one attached hydrogen (secondary N) is 2. The summed E-state index contributed by atoms with van der Waals surface area (Å²) < 4.78 is 13.6. The quantitative estimate of drug-likeness (QED) is 0.691. The standard InChI is InChI=1S/C23H24FN3O2/c24-19-7-3-1-6-18(19)15-25-22(28)13-16-9-11-27(12-10-16)23(29)21-14-17-5-2-4-8-20(17)26-21/h1-8,14,16,26H,9-13,15H2,(H,25,28). The first-order chi connectivity index (χ1) is 14.1. The van der Waals surface area contributed by atoms with E-state index in [1.54, 1.807) is 18.2 Å². The van der Waals surface area contributed by atoms with Crippen molar-refractivity contribution in [3.05, 3.63) is 71.7 Å². The second kappa shape index (κ2) is 8.47. The van der Waals surface area contributed by atoms with Gasteiger partial charge >= 0.3 is 0 Å². The number of hydrogen-bond donors (Lipinski definition) is 2. The Bertz CT molecular complexity index is 989. The molecule has 1 saturated heterocycles. The number of H-pyrrole nitrogens is 1. The van der Waals surface area contributed by atoms with Gasteiger partial charge in [-0.05, 0) is 37.0 Å². The van der Waals surface area contributed by atoms with E-state index in [0.29, 0.717) is 30.8 Å². The van der Waals surface area contributed by atoms with Crippen LogP contribution in [0.1, 0.15) is 35.3 Å². The van der Waals surface area contributed by atoms with Gasteiger partial charge in [-0.1, -0.05) is 36.4 Å². The van der Waals surface area contributed by atoms with E-state index in [-0.39, 0.29) is 30.1 Å². The summed E-state index contributed by atoms with van der Waals surface area (Å²) in [6.07, 6.45) is 1.99. The van der Waals surface area contributed by atoms with Gasteiger partial charge in [0, 0.05) is 42.5 Å². The van der Waals surface area contributed by atoms with E-state index in [1.165, 1.54) is 6.07 Å². The summed E-state index contributed by atoms with van der Waals surface area (Å²) in [6, 6.07) is 16.2. The zero-order chi connectivity index (χ0) is 20.2. The monoisotopic (exact) mass is 393 g/mol. The number of piperidine rings is 1. The topological polar surface area (TPSA) is 65.2 Å². The summed E-state index contributed by atoms with van der Waals surface area (Å²) >= 11 is 0. The van der Waals surface area contributed by atoms with Crippen molar-refractivity contribution in [1.29, 1.82) is 0 Å². The van der Waals surface area contributed by atoms with Crippen LogP contribution in [0.25, 0.3) is 10.9 Å². The summed E-state index contributed by atoms with van der Waals surface area (Å²) in [6.45, 7) is 1.47. The van der Waals surface area contributed by atoms with Crippen molar-refractivity contribution in [3.8, 4) is 0 Å². The zero-order valence-electron chi connectivity index (χ0n) is 16.2. The van der Waals surface area contributed by atoms with Gasteiger partial charge in [0.25, 0.3) is 5.91 Å². The highest BCUT2D eigenvalue weighted by molar-refractivity contribution is 5.98. The van der Waals surface area contributed by atoms with Crippen LogP contribution in [0.5, 0.6) is 0 Å². The summed E-state index contributed by atoms with van der Waals surface area (Å²) in [5.41, 5.74) is 2.05. The molecule has 150 valence electrons. The number of carbonyl (C=O) groups is 2. The number of carbonyl (C=O) groups excluding carboxylic acids is 2. The van der Waals surface area contributed by atoms with Crippen LogP contribution in [0.4, 0.5) is 4.39 Å². The van der Waals surface area contributed by atoms with Crippen molar-refractivity contribution < 1.29 is 14.0 Å². The number of rotatable bonds is 5. The molecular weight excluding hydrogens is 369 g/mol. The van der Waals surface area contributed by atoms with Crippen molar-refractivity contribution >= 4 is 22.7 Å². The number of amides is 2. The van der Waals surface area contributed by atoms with Crippen molar-refractivity contribution in [2.75, 3.05) is 13.1 Å². The van der Waals surface area contributed by atoms with Crippen LogP contribution in [0.2, 0.25) is 0 Å². The van der Waals surface area contributed by atoms with Crippen molar-refractivity contribution in [1.82, 2.24) is 15.2 Å². The Morgan fingerprint density at radius 3 is 2.55 bits per heavy atom. The lowest BCUT2D eigenvalue weighted by Crippen LogP contribution is -2.39. The van der Waals surface area contributed by atoms with E-state index in [9.17, 15) is 14.0 Å². The average molecular weight is 393 g/mol. The number of aromatic amines is 1. The number of fused-ring (bicyclic) bond motifs is 1. The van der Waals surface area contributed by atoms with Crippen molar-refractivity contribution in [3.63, 3.8) is 0 Å². The summed E-state index contributed by atoms with van der Waals surface area (Å²) in [7, 11) is 0. The molecular formula is C23H24FN3O2. The number of halogens is 1. The van der Waals surface area contributed by atoms with Crippen molar-refractivity contribution in [2.45, 2.75) is 25.8 Å². The molecule has 2 N–H and O–H groups in total. The third kappa shape index (κ3) is 4.47. The highest BCUT2D eigenvalue weighted by atomic mass is 19.1. The maximum atomic E-state index is 13.6. The maximum absolute atomic E-state index is 13.6. The second-order valence-electron chi connectivity index (χ2n) is 7.58. The molecule has 0 radical (unpaired) electrons. The number of aromatic nitrogens is 1. The summed E-state index contributed by atoms with van der Waals surface area (Å²) in [4.78, 5) is 30.0. The number of hydrogen-bond acceptors (Lipinski definition) is 2. The Hall–Kier alpha value is -3.15. The lowest BCUT2D eigenvalue weighted by Gasteiger charge is -2.31. The number of nitrogens with zero attached hydrogens (tertiary/aromatic N) is 1. The minimum Gasteiger partial charge on any atom is -0.352 e. The lowest BCUT2D eigenvalue weighted by molar-refractivity contribution is -0.122. The Morgan fingerprint density at radius 2 is 1.79 bits per heavy atom. The molecule has 1 aliphatic heterocycles. The van der Waals surface area contributed by atoms with Crippen LogP contribution in [0.3, 0.4) is 0 Å². The molecule has 6 heteroatoms. The highest BCUT2D eigenvalue weighted by Gasteiger charge is 2.26. The Balaban J connectivity index is 1.26. The normalized spacial score (nSPS) is 14.9. The highest BCUT2D eigenvalue weighted by Crippen LogP contribution is 2.23. The molecule has 0 atom stereocenters.